The van der Waals surface area contributed by atoms with Crippen LogP contribution in [-0.2, 0) is 0 Å². The van der Waals surface area contributed by atoms with Crippen molar-refractivity contribution in [3.05, 3.63) is 33.4 Å². The first-order valence-electron chi connectivity index (χ1n) is 8.05. The third-order valence-corrected chi connectivity index (χ3v) is 5.53. The highest BCUT2D eigenvalue weighted by Crippen LogP contribution is 2.53. The molecule has 1 aromatic carbocycles. The van der Waals surface area contributed by atoms with Gasteiger partial charge in [-0.2, -0.15) is 0 Å². The third kappa shape index (κ3) is 2.73. The van der Waals surface area contributed by atoms with Crippen molar-refractivity contribution in [3.8, 4) is 0 Å². The van der Waals surface area contributed by atoms with Gasteiger partial charge in [0.2, 0.25) is 0 Å². The average Bonchev–Trinajstić information content (AvgIpc) is 3.14. The predicted octanol–water partition coefficient (Wildman–Crippen LogP) is 5.91. The fourth-order valence-corrected chi connectivity index (χ4v) is 3.66. The average molecular weight is 258 g/mol. The minimum absolute atomic E-state index is 0.870. The Kier molecular flexibility index (Phi) is 4.38. The molecule has 0 nitrogen and oxygen atoms in total. The van der Waals surface area contributed by atoms with Crippen molar-refractivity contribution in [1.82, 2.24) is 0 Å². The van der Waals surface area contributed by atoms with Crippen LogP contribution in [0.1, 0.15) is 78.3 Å². The molecule has 0 aromatic heterocycles. The first-order chi connectivity index (χ1) is 8.99. The zero-order valence-electron chi connectivity index (χ0n) is 13.7. The molecule has 2 atom stereocenters. The molecule has 1 fully saturated rings. The van der Waals surface area contributed by atoms with Gasteiger partial charge in [-0.05, 0) is 92.7 Å². The van der Waals surface area contributed by atoms with E-state index in [1.165, 1.54) is 48.8 Å². The van der Waals surface area contributed by atoms with E-state index in [4.69, 9.17) is 0 Å². The highest BCUT2D eigenvalue weighted by atomic mass is 14.4. The summed E-state index contributed by atoms with van der Waals surface area (Å²) in [5.41, 5.74) is 9.39. The molecule has 0 radical (unpaired) electrons. The van der Waals surface area contributed by atoms with Crippen molar-refractivity contribution in [3.63, 3.8) is 0 Å². The van der Waals surface area contributed by atoms with Gasteiger partial charge in [-0.1, -0.05) is 26.2 Å². The van der Waals surface area contributed by atoms with Crippen LogP contribution < -0.4 is 0 Å². The van der Waals surface area contributed by atoms with Gasteiger partial charge in [-0.15, -0.1) is 0 Å². The first kappa shape index (κ1) is 14.6. The summed E-state index contributed by atoms with van der Waals surface area (Å²) in [6.45, 7) is 13.9. The van der Waals surface area contributed by atoms with Crippen molar-refractivity contribution in [2.45, 2.75) is 79.6 Å². The predicted molar refractivity (Wildman–Crippen MR) is 85.1 cm³/mol. The molecule has 0 N–H and O–H groups in total. The Balaban J connectivity index is 2.19. The van der Waals surface area contributed by atoms with E-state index in [1.807, 2.05) is 0 Å². The lowest BCUT2D eigenvalue weighted by molar-refractivity contribution is 0.608. The van der Waals surface area contributed by atoms with Gasteiger partial charge in [0, 0.05) is 0 Å². The number of hydrogen-bond acceptors (Lipinski definition) is 0. The molecule has 0 aliphatic heterocycles. The number of rotatable bonds is 5. The third-order valence-electron chi connectivity index (χ3n) is 5.53. The Bertz CT molecular complexity index is 438. The fourth-order valence-electron chi connectivity index (χ4n) is 3.66. The van der Waals surface area contributed by atoms with Crippen molar-refractivity contribution in [1.29, 1.82) is 0 Å². The molecule has 0 spiro atoms. The molecule has 0 heteroatoms. The van der Waals surface area contributed by atoms with Crippen LogP contribution in [0, 0.1) is 40.5 Å². The summed E-state index contributed by atoms with van der Waals surface area (Å²) in [4.78, 5) is 0. The van der Waals surface area contributed by atoms with Gasteiger partial charge < -0.3 is 0 Å². The molecule has 0 amide bonds. The normalized spacial score (nSPS) is 21.8. The molecule has 1 aliphatic rings. The molecule has 1 aromatic rings. The maximum Gasteiger partial charge on any atom is -0.0125 e. The van der Waals surface area contributed by atoms with E-state index in [-0.39, 0.29) is 0 Å². The van der Waals surface area contributed by atoms with Crippen molar-refractivity contribution in [2.75, 3.05) is 0 Å². The summed E-state index contributed by atoms with van der Waals surface area (Å²) in [6, 6.07) is 0. The molecule has 0 heterocycles. The molecular weight excluding hydrogens is 228 g/mol. The minimum Gasteiger partial charge on any atom is -0.0654 e. The quantitative estimate of drug-likeness (QED) is 0.576. The van der Waals surface area contributed by atoms with Crippen LogP contribution in [-0.4, -0.2) is 0 Å². The largest absolute Gasteiger partial charge is 0.0654 e. The van der Waals surface area contributed by atoms with Gasteiger partial charge in [0.05, 0.1) is 0 Å². The van der Waals surface area contributed by atoms with Gasteiger partial charge in [0.15, 0.2) is 0 Å². The van der Waals surface area contributed by atoms with Gasteiger partial charge in [-0.25, -0.2) is 0 Å². The lowest BCUT2D eigenvalue weighted by atomic mass is 9.87. The molecule has 19 heavy (non-hydrogen) atoms. The molecule has 0 bridgehead atoms. The molecule has 106 valence electrons. The van der Waals surface area contributed by atoms with E-state index in [9.17, 15) is 0 Å². The lowest BCUT2D eigenvalue weighted by Gasteiger charge is -2.19. The van der Waals surface area contributed by atoms with Crippen LogP contribution in [0.4, 0.5) is 0 Å². The zero-order valence-corrected chi connectivity index (χ0v) is 13.7. The zero-order chi connectivity index (χ0) is 14.2. The maximum absolute atomic E-state index is 2.34. The summed E-state index contributed by atoms with van der Waals surface area (Å²) >= 11 is 0. The van der Waals surface area contributed by atoms with Crippen LogP contribution >= 0.6 is 0 Å². The fraction of sp³-hybridized carbons (Fsp3) is 0.684. The van der Waals surface area contributed by atoms with Gasteiger partial charge in [-0.3, -0.25) is 0 Å². The van der Waals surface area contributed by atoms with Gasteiger partial charge in [0.25, 0.3) is 0 Å². The Labute approximate surface area is 119 Å². The molecule has 2 rings (SSSR count). The molecule has 2 unspecified atom stereocenters. The number of unbranched alkanes of at least 4 members (excludes halogenated alkanes) is 2. The van der Waals surface area contributed by atoms with Crippen molar-refractivity contribution in [2.24, 2.45) is 5.92 Å². The van der Waals surface area contributed by atoms with Crippen LogP contribution in [0.5, 0.6) is 0 Å². The highest BCUT2D eigenvalue weighted by molar-refractivity contribution is 5.52. The van der Waals surface area contributed by atoms with Crippen LogP contribution in [0.2, 0.25) is 0 Å². The second-order valence-electron chi connectivity index (χ2n) is 6.64. The van der Waals surface area contributed by atoms with E-state index in [1.54, 1.807) is 16.7 Å². The van der Waals surface area contributed by atoms with Crippen molar-refractivity contribution >= 4 is 0 Å². The van der Waals surface area contributed by atoms with Crippen LogP contribution in [0.25, 0.3) is 0 Å². The highest BCUT2D eigenvalue weighted by Gasteiger charge is 2.39. The Morgan fingerprint density at radius 2 is 1.32 bits per heavy atom. The Hall–Kier alpha value is -0.780. The van der Waals surface area contributed by atoms with Crippen LogP contribution in [0.15, 0.2) is 0 Å². The van der Waals surface area contributed by atoms with Gasteiger partial charge >= 0.3 is 0 Å². The summed E-state index contributed by atoms with van der Waals surface area (Å²) < 4.78 is 0. The van der Waals surface area contributed by atoms with E-state index in [0.29, 0.717) is 0 Å². The van der Waals surface area contributed by atoms with E-state index >= 15 is 0 Å². The summed E-state index contributed by atoms with van der Waals surface area (Å²) in [7, 11) is 0. The summed E-state index contributed by atoms with van der Waals surface area (Å²) in [5, 5.41) is 0. The molecule has 1 saturated carbocycles. The van der Waals surface area contributed by atoms with E-state index < -0.39 is 0 Å². The second-order valence-corrected chi connectivity index (χ2v) is 6.64. The standard InChI is InChI=1S/C19H30/c1-7-8-9-10-17-11-18(17)19-15(5)13(3)12(2)14(4)16(19)6/h17-18H,7-11H2,1-6H3. The molecular formula is C19H30. The maximum atomic E-state index is 2.34. The Morgan fingerprint density at radius 3 is 1.84 bits per heavy atom. The van der Waals surface area contributed by atoms with Gasteiger partial charge in [0.1, 0.15) is 0 Å². The topological polar surface area (TPSA) is 0 Å². The minimum atomic E-state index is 0.870. The summed E-state index contributed by atoms with van der Waals surface area (Å²) in [6.07, 6.45) is 7.07. The van der Waals surface area contributed by atoms with E-state index in [2.05, 4.69) is 41.5 Å². The van der Waals surface area contributed by atoms with E-state index in [0.717, 1.165) is 11.8 Å². The molecule has 1 aliphatic carbocycles. The molecule has 0 saturated heterocycles. The monoisotopic (exact) mass is 258 g/mol. The number of benzene rings is 1. The SMILES string of the molecule is CCCCCC1CC1c1c(C)c(C)c(C)c(C)c1C. The van der Waals surface area contributed by atoms with Crippen LogP contribution in [0.3, 0.4) is 0 Å². The smallest absolute Gasteiger partial charge is 0.0125 e. The first-order valence-corrected chi connectivity index (χ1v) is 8.05. The number of hydrogen-bond donors (Lipinski definition) is 0. The second kappa shape index (κ2) is 5.69. The van der Waals surface area contributed by atoms with Crippen molar-refractivity contribution < 1.29 is 0 Å². The lowest BCUT2D eigenvalue weighted by Crippen LogP contribution is -2.02. The summed E-state index contributed by atoms with van der Waals surface area (Å²) in [5.74, 6) is 1.85. The Morgan fingerprint density at radius 1 is 0.789 bits per heavy atom.